The number of hydrogen-bond acceptors (Lipinski definition) is 4. The largest absolute Gasteiger partial charge is 0.315 e. The average Bonchev–Trinajstić information content (AvgIpc) is 2.52. The number of likely N-dealkylation sites (N-methyl/N-ethyl adjacent to an activating group) is 1. The van der Waals surface area contributed by atoms with Crippen LogP contribution in [0.25, 0.3) is 0 Å². The van der Waals surface area contributed by atoms with Crippen molar-refractivity contribution in [1.82, 2.24) is 25.2 Å². The van der Waals surface area contributed by atoms with Crippen molar-refractivity contribution in [3.63, 3.8) is 0 Å². The Morgan fingerprint density at radius 3 is 2.93 bits per heavy atom. The van der Waals surface area contributed by atoms with Crippen LogP contribution in [-0.2, 0) is 13.1 Å². The van der Waals surface area contributed by atoms with Crippen LogP contribution in [0.5, 0.6) is 0 Å². The van der Waals surface area contributed by atoms with E-state index in [-0.39, 0.29) is 0 Å². The highest BCUT2D eigenvalue weighted by Gasteiger charge is 2.00. The van der Waals surface area contributed by atoms with Crippen LogP contribution in [0, 0.1) is 0 Å². The smallest absolute Gasteiger partial charge is 0.0966 e. The maximum atomic E-state index is 4.08. The van der Waals surface area contributed by atoms with Gasteiger partial charge >= 0.3 is 0 Å². The summed E-state index contributed by atoms with van der Waals surface area (Å²) in [6, 6.07) is 0. The van der Waals surface area contributed by atoms with E-state index < -0.39 is 0 Å². The quantitative estimate of drug-likeness (QED) is 0.649. The van der Waals surface area contributed by atoms with Crippen LogP contribution in [-0.4, -0.2) is 47.1 Å². The second-order valence-corrected chi connectivity index (χ2v) is 3.56. The second-order valence-electron chi connectivity index (χ2n) is 3.56. The third kappa shape index (κ3) is 3.85. The molecule has 0 aliphatic rings. The van der Waals surface area contributed by atoms with Crippen molar-refractivity contribution >= 4 is 0 Å². The SMILES string of the molecule is CCNCCn1cc(CN(C)C)nn1. The third-order valence-electron chi connectivity index (χ3n) is 1.83. The van der Waals surface area contributed by atoms with Crippen molar-refractivity contribution in [3.8, 4) is 0 Å². The molecule has 1 N–H and O–H groups in total. The molecule has 1 aromatic rings. The number of rotatable bonds is 6. The van der Waals surface area contributed by atoms with Gasteiger partial charge in [-0.1, -0.05) is 12.1 Å². The highest BCUT2D eigenvalue weighted by Crippen LogP contribution is 1.95. The first kappa shape index (κ1) is 11.1. The Kier molecular flexibility index (Phi) is 4.55. The Hall–Kier alpha value is -0.940. The number of hydrogen-bond donors (Lipinski definition) is 1. The molecule has 14 heavy (non-hydrogen) atoms. The summed E-state index contributed by atoms with van der Waals surface area (Å²) in [5.74, 6) is 0. The summed E-state index contributed by atoms with van der Waals surface area (Å²) < 4.78 is 1.88. The molecule has 0 radical (unpaired) electrons. The first-order chi connectivity index (χ1) is 6.72. The van der Waals surface area contributed by atoms with Crippen LogP contribution in [0.1, 0.15) is 12.6 Å². The topological polar surface area (TPSA) is 46.0 Å². The molecule has 1 heterocycles. The van der Waals surface area contributed by atoms with Crippen molar-refractivity contribution in [2.45, 2.75) is 20.0 Å². The highest BCUT2D eigenvalue weighted by atomic mass is 15.4. The van der Waals surface area contributed by atoms with E-state index in [0.29, 0.717) is 0 Å². The summed E-state index contributed by atoms with van der Waals surface area (Å²) >= 11 is 0. The fourth-order valence-electron chi connectivity index (χ4n) is 1.21. The maximum absolute atomic E-state index is 4.08. The Bertz CT molecular complexity index is 255. The van der Waals surface area contributed by atoms with E-state index in [2.05, 4.69) is 27.5 Å². The summed E-state index contributed by atoms with van der Waals surface area (Å²) in [5, 5.41) is 11.4. The van der Waals surface area contributed by atoms with Gasteiger partial charge in [-0.15, -0.1) is 5.10 Å². The van der Waals surface area contributed by atoms with Gasteiger partial charge < -0.3 is 10.2 Å². The molecule has 1 aromatic heterocycles. The molecule has 0 atom stereocenters. The van der Waals surface area contributed by atoms with Gasteiger partial charge in [0.05, 0.1) is 12.2 Å². The van der Waals surface area contributed by atoms with Gasteiger partial charge in [-0.2, -0.15) is 0 Å². The molecule has 0 saturated heterocycles. The van der Waals surface area contributed by atoms with Crippen molar-refractivity contribution < 1.29 is 0 Å². The van der Waals surface area contributed by atoms with Crippen LogP contribution in [0.15, 0.2) is 6.20 Å². The normalized spacial score (nSPS) is 11.1. The second kappa shape index (κ2) is 5.72. The molecule has 0 aliphatic carbocycles. The zero-order valence-corrected chi connectivity index (χ0v) is 9.19. The molecule has 0 aromatic carbocycles. The van der Waals surface area contributed by atoms with Crippen molar-refractivity contribution in [2.24, 2.45) is 0 Å². The molecule has 80 valence electrons. The standard InChI is InChI=1S/C9H19N5/c1-4-10-5-6-14-8-9(11-12-14)7-13(2)3/h8,10H,4-7H2,1-3H3. The van der Waals surface area contributed by atoms with E-state index in [9.17, 15) is 0 Å². The highest BCUT2D eigenvalue weighted by molar-refractivity contribution is 4.91. The Balaban J connectivity index is 2.35. The van der Waals surface area contributed by atoms with Crippen molar-refractivity contribution in [3.05, 3.63) is 11.9 Å². The number of aromatic nitrogens is 3. The van der Waals surface area contributed by atoms with Crippen LogP contribution >= 0.6 is 0 Å². The molecule has 0 fully saturated rings. The lowest BCUT2D eigenvalue weighted by atomic mass is 10.4. The summed E-state index contributed by atoms with van der Waals surface area (Å²) in [6.45, 7) is 5.77. The van der Waals surface area contributed by atoms with Gasteiger partial charge in [-0.25, -0.2) is 0 Å². The average molecular weight is 197 g/mol. The molecule has 1 rings (SSSR count). The summed E-state index contributed by atoms with van der Waals surface area (Å²) in [6.07, 6.45) is 2.00. The first-order valence-corrected chi connectivity index (χ1v) is 4.97. The van der Waals surface area contributed by atoms with Crippen LogP contribution in [0.3, 0.4) is 0 Å². The molecule has 0 saturated carbocycles. The van der Waals surface area contributed by atoms with E-state index in [4.69, 9.17) is 0 Å². The van der Waals surface area contributed by atoms with E-state index >= 15 is 0 Å². The van der Waals surface area contributed by atoms with Gasteiger partial charge in [0.1, 0.15) is 0 Å². The minimum absolute atomic E-state index is 0.848. The lowest BCUT2D eigenvalue weighted by Crippen LogP contribution is -2.19. The van der Waals surface area contributed by atoms with E-state index in [1.165, 1.54) is 0 Å². The number of nitrogens with zero attached hydrogens (tertiary/aromatic N) is 4. The Morgan fingerprint density at radius 2 is 2.29 bits per heavy atom. The lowest BCUT2D eigenvalue weighted by Gasteiger charge is -2.04. The third-order valence-corrected chi connectivity index (χ3v) is 1.83. The maximum Gasteiger partial charge on any atom is 0.0966 e. The Labute approximate surface area is 85.1 Å². The first-order valence-electron chi connectivity index (χ1n) is 4.97. The van der Waals surface area contributed by atoms with Gasteiger partial charge in [0.15, 0.2) is 0 Å². The van der Waals surface area contributed by atoms with Crippen molar-refractivity contribution in [2.75, 3.05) is 27.2 Å². The minimum atomic E-state index is 0.848. The summed E-state index contributed by atoms with van der Waals surface area (Å²) in [4.78, 5) is 2.08. The van der Waals surface area contributed by atoms with E-state index in [1.54, 1.807) is 0 Å². The fraction of sp³-hybridized carbons (Fsp3) is 0.778. The zero-order chi connectivity index (χ0) is 10.4. The van der Waals surface area contributed by atoms with E-state index in [0.717, 1.165) is 31.9 Å². The van der Waals surface area contributed by atoms with Gasteiger partial charge in [0, 0.05) is 19.3 Å². The van der Waals surface area contributed by atoms with Crippen LogP contribution in [0.2, 0.25) is 0 Å². The monoisotopic (exact) mass is 197 g/mol. The van der Waals surface area contributed by atoms with Gasteiger partial charge in [0.25, 0.3) is 0 Å². The molecule has 0 spiro atoms. The fourth-order valence-corrected chi connectivity index (χ4v) is 1.21. The van der Waals surface area contributed by atoms with E-state index in [1.807, 2.05) is 25.0 Å². The van der Waals surface area contributed by atoms with Crippen LogP contribution in [0.4, 0.5) is 0 Å². The molecule has 5 heteroatoms. The molecular weight excluding hydrogens is 178 g/mol. The predicted molar refractivity (Wildman–Crippen MR) is 56.0 cm³/mol. The van der Waals surface area contributed by atoms with Crippen molar-refractivity contribution in [1.29, 1.82) is 0 Å². The Morgan fingerprint density at radius 1 is 1.50 bits per heavy atom. The zero-order valence-electron chi connectivity index (χ0n) is 9.19. The molecular formula is C9H19N5. The molecule has 5 nitrogen and oxygen atoms in total. The molecule has 0 amide bonds. The van der Waals surface area contributed by atoms with Gasteiger partial charge in [0.2, 0.25) is 0 Å². The lowest BCUT2D eigenvalue weighted by molar-refractivity contribution is 0.396. The van der Waals surface area contributed by atoms with Gasteiger partial charge in [-0.05, 0) is 20.6 Å². The number of nitrogens with one attached hydrogen (secondary N) is 1. The van der Waals surface area contributed by atoms with Crippen LogP contribution < -0.4 is 5.32 Å². The molecule has 0 unspecified atom stereocenters. The van der Waals surface area contributed by atoms with Gasteiger partial charge in [-0.3, -0.25) is 4.68 Å². The minimum Gasteiger partial charge on any atom is -0.315 e. The molecule has 0 aliphatic heterocycles. The summed E-state index contributed by atoms with van der Waals surface area (Å²) in [7, 11) is 4.05. The predicted octanol–water partition coefficient (Wildman–Crippen LogP) is -0.0508. The molecule has 0 bridgehead atoms. The summed E-state index contributed by atoms with van der Waals surface area (Å²) in [5.41, 5.74) is 1.02.